The average Bonchev–Trinajstić information content (AvgIpc) is 2.46. The van der Waals surface area contributed by atoms with Crippen LogP contribution in [-0.4, -0.2) is 42.7 Å². The number of carbonyl (C=O) groups excluding carboxylic acids is 1. The smallest absolute Gasteiger partial charge is 0.409 e. The predicted molar refractivity (Wildman–Crippen MR) is 65.8 cm³/mol. The molecule has 1 aromatic carbocycles. The summed E-state index contributed by atoms with van der Waals surface area (Å²) in [6.07, 6.45) is -0.677. The van der Waals surface area contributed by atoms with Gasteiger partial charge < -0.3 is 14.4 Å². The number of methoxy groups -OCH3 is 1. The Hall–Kier alpha value is -2.15. The number of amides is 1. The Balaban J connectivity index is 2.08. The molecule has 0 unspecified atom stereocenters. The Kier molecular flexibility index (Phi) is 3.96. The van der Waals surface area contributed by atoms with E-state index in [-0.39, 0.29) is 11.8 Å². The first-order valence-corrected chi connectivity index (χ1v) is 5.80. The molecule has 1 aliphatic rings. The fourth-order valence-corrected chi connectivity index (χ4v) is 1.96. The second kappa shape index (κ2) is 5.66. The quantitative estimate of drug-likeness (QED) is 0.601. The molecule has 1 atom stereocenters. The lowest BCUT2D eigenvalue weighted by atomic mass is 10.1. The SMILES string of the molecule is COC(=O)N1CCO[C@H](c2ccc([N+](=O)[O-])cc2)C1. The van der Waals surface area contributed by atoms with Crippen LogP contribution < -0.4 is 0 Å². The Morgan fingerprint density at radius 3 is 2.74 bits per heavy atom. The van der Waals surface area contributed by atoms with Gasteiger partial charge in [-0.15, -0.1) is 0 Å². The van der Waals surface area contributed by atoms with E-state index in [0.717, 1.165) is 5.56 Å². The summed E-state index contributed by atoms with van der Waals surface area (Å²) in [7, 11) is 1.33. The topological polar surface area (TPSA) is 81.9 Å². The third-order valence-corrected chi connectivity index (χ3v) is 2.97. The Labute approximate surface area is 109 Å². The lowest BCUT2D eigenvalue weighted by molar-refractivity contribution is -0.384. The molecule has 0 spiro atoms. The van der Waals surface area contributed by atoms with Gasteiger partial charge in [-0.05, 0) is 17.7 Å². The van der Waals surface area contributed by atoms with Gasteiger partial charge >= 0.3 is 6.09 Å². The maximum Gasteiger partial charge on any atom is 0.409 e. The van der Waals surface area contributed by atoms with Gasteiger partial charge in [0, 0.05) is 18.7 Å². The van der Waals surface area contributed by atoms with Gasteiger partial charge in [-0.1, -0.05) is 0 Å². The molecule has 0 aromatic heterocycles. The second-order valence-corrected chi connectivity index (χ2v) is 4.12. The number of non-ortho nitro benzene ring substituents is 1. The van der Waals surface area contributed by atoms with Crippen molar-refractivity contribution in [3.63, 3.8) is 0 Å². The number of hydrogen-bond acceptors (Lipinski definition) is 5. The number of carbonyl (C=O) groups is 1. The van der Waals surface area contributed by atoms with Crippen LogP contribution >= 0.6 is 0 Å². The minimum Gasteiger partial charge on any atom is -0.453 e. The highest BCUT2D eigenvalue weighted by Crippen LogP contribution is 2.24. The van der Waals surface area contributed by atoms with Crippen molar-refractivity contribution in [2.45, 2.75) is 6.10 Å². The third-order valence-electron chi connectivity index (χ3n) is 2.97. The number of nitro benzene ring substituents is 1. The Morgan fingerprint density at radius 2 is 2.16 bits per heavy atom. The van der Waals surface area contributed by atoms with E-state index in [1.54, 1.807) is 17.0 Å². The molecule has 0 radical (unpaired) electrons. The molecule has 1 amide bonds. The molecule has 7 heteroatoms. The van der Waals surface area contributed by atoms with E-state index in [1.165, 1.54) is 19.2 Å². The van der Waals surface area contributed by atoms with E-state index in [0.29, 0.717) is 19.7 Å². The van der Waals surface area contributed by atoms with Crippen LogP contribution in [-0.2, 0) is 9.47 Å². The summed E-state index contributed by atoms with van der Waals surface area (Å²) in [4.78, 5) is 23.1. The van der Waals surface area contributed by atoms with Crippen molar-refractivity contribution in [1.29, 1.82) is 0 Å². The molecule has 0 bridgehead atoms. The summed E-state index contributed by atoms with van der Waals surface area (Å²) in [5.74, 6) is 0. The van der Waals surface area contributed by atoms with E-state index in [2.05, 4.69) is 4.74 Å². The molecule has 1 saturated heterocycles. The molecule has 102 valence electrons. The monoisotopic (exact) mass is 266 g/mol. The van der Waals surface area contributed by atoms with E-state index in [4.69, 9.17) is 4.74 Å². The summed E-state index contributed by atoms with van der Waals surface area (Å²) in [5, 5.41) is 10.6. The van der Waals surface area contributed by atoms with Crippen LogP contribution in [0.2, 0.25) is 0 Å². The summed E-state index contributed by atoms with van der Waals surface area (Å²) in [6, 6.07) is 6.14. The molecule has 2 rings (SSSR count). The number of rotatable bonds is 2. The Bertz CT molecular complexity index is 474. The number of nitrogens with zero attached hydrogens (tertiary/aromatic N) is 2. The Morgan fingerprint density at radius 1 is 1.47 bits per heavy atom. The van der Waals surface area contributed by atoms with E-state index in [1.807, 2.05) is 0 Å². The number of nitro groups is 1. The fourth-order valence-electron chi connectivity index (χ4n) is 1.96. The van der Waals surface area contributed by atoms with Crippen molar-refractivity contribution in [2.75, 3.05) is 26.8 Å². The van der Waals surface area contributed by atoms with Crippen LogP contribution in [0.4, 0.5) is 10.5 Å². The van der Waals surface area contributed by atoms with Crippen molar-refractivity contribution < 1.29 is 19.2 Å². The molecular formula is C12H14N2O5. The van der Waals surface area contributed by atoms with Gasteiger partial charge in [-0.25, -0.2) is 4.79 Å². The predicted octanol–water partition coefficient (Wildman–Crippen LogP) is 1.73. The largest absolute Gasteiger partial charge is 0.453 e. The van der Waals surface area contributed by atoms with Gasteiger partial charge in [0.15, 0.2) is 0 Å². The highest BCUT2D eigenvalue weighted by molar-refractivity contribution is 5.67. The fraction of sp³-hybridized carbons (Fsp3) is 0.417. The van der Waals surface area contributed by atoms with Gasteiger partial charge in [0.2, 0.25) is 0 Å². The van der Waals surface area contributed by atoms with E-state index in [9.17, 15) is 14.9 Å². The lowest BCUT2D eigenvalue weighted by Gasteiger charge is -2.32. The number of morpholine rings is 1. The van der Waals surface area contributed by atoms with E-state index < -0.39 is 11.0 Å². The summed E-state index contributed by atoms with van der Waals surface area (Å²) < 4.78 is 10.2. The van der Waals surface area contributed by atoms with Crippen LogP contribution in [0.5, 0.6) is 0 Å². The zero-order chi connectivity index (χ0) is 13.8. The number of benzene rings is 1. The molecule has 1 heterocycles. The first kappa shape index (κ1) is 13.3. The van der Waals surface area contributed by atoms with Gasteiger partial charge in [0.1, 0.15) is 6.10 Å². The molecule has 19 heavy (non-hydrogen) atoms. The lowest BCUT2D eigenvalue weighted by Crippen LogP contribution is -2.42. The van der Waals surface area contributed by atoms with Gasteiger partial charge in [-0.3, -0.25) is 10.1 Å². The van der Waals surface area contributed by atoms with Gasteiger partial charge in [-0.2, -0.15) is 0 Å². The molecule has 7 nitrogen and oxygen atoms in total. The molecule has 0 N–H and O–H groups in total. The van der Waals surface area contributed by atoms with Crippen LogP contribution in [0.3, 0.4) is 0 Å². The molecule has 1 aromatic rings. The second-order valence-electron chi connectivity index (χ2n) is 4.12. The standard InChI is InChI=1S/C12H14N2O5/c1-18-12(15)13-6-7-19-11(8-13)9-2-4-10(5-3-9)14(16)17/h2-5,11H,6-8H2,1H3/t11-/m0/s1. The normalized spacial score (nSPS) is 19.0. The number of hydrogen-bond donors (Lipinski definition) is 0. The third kappa shape index (κ3) is 3.00. The van der Waals surface area contributed by atoms with Crippen molar-refractivity contribution in [3.05, 3.63) is 39.9 Å². The molecule has 0 aliphatic carbocycles. The molecule has 1 fully saturated rings. The summed E-state index contributed by atoms with van der Waals surface area (Å²) in [5.41, 5.74) is 0.837. The average molecular weight is 266 g/mol. The van der Waals surface area contributed by atoms with Gasteiger partial charge in [0.05, 0.1) is 25.2 Å². The highest BCUT2D eigenvalue weighted by atomic mass is 16.6. The molecule has 1 aliphatic heterocycles. The maximum atomic E-state index is 11.4. The van der Waals surface area contributed by atoms with Gasteiger partial charge in [0.25, 0.3) is 5.69 Å². The van der Waals surface area contributed by atoms with Crippen LogP contribution in [0.1, 0.15) is 11.7 Å². The molecule has 0 saturated carbocycles. The van der Waals surface area contributed by atoms with Crippen molar-refractivity contribution >= 4 is 11.8 Å². The molecular weight excluding hydrogens is 252 g/mol. The van der Waals surface area contributed by atoms with Crippen LogP contribution in [0.15, 0.2) is 24.3 Å². The van der Waals surface area contributed by atoms with E-state index >= 15 is 0 Å². The zero-order valence-corrected chi connectivity index (χ0v) is 10.4. The number of ether oxygens (including phenoxy) is 2. The minimum atomic E-state index is -0.452. The zero-order valence-electron chi connectivity index (χ0n) is 10.4. The van der Waals surface area contributed by atoms with Crippen LogP contribution in [0.25, 0.3) is 0 Å². The minimum absolute atomic E-state index is 0.0318. The van der Waals surface area contributed by atoms with Crippen LogP contribution in [0, 0.1) is 10.1 Å². The first-order chi connectivity index (χ1) is 9.11. The highest BCUT2D eigenvalue weighted by Gasteiger charge is 2.26. The van der Waals surface area contributed by atoms with Crippen molar-refractivity contribution in [3.8, 4) is 0 Å². The maximum absolute atomic E-state index is 11.4. The van der Waals surface area contributed by atoms with Crippen molar-refractivity contribution in [1.82, 2.24) is 4.90 Å². The first-order valence-electron chi connectivity index (χ1n) is 5.80. The van der Waals surface area contributed by atoms with Crippen molar-refractivity contribution in [2.24, 2.45) is 0 Å². The summed E-state index contributed by atoms with van der Waals surface area (Å²) >= 11 is 0. The summed E-state index contributed by atoms with van der Waals surface area (Å²) in [6.45, 7) is 1.28.